The molecule has 2 aromatic rings. The summed E-state index contributed by atoms with van der Waals surface area (Å²) in [5, 5.41) is 3.88. The third-order valence-electron chi connectivity index (χ3n) is 3.81. The summed E-state index contributed by atoms with van der Waals surface area (Å²) in [5.74, 6) is 0. The second kappa shape index (κ2) is 8.41. The number of benzene rings is 2. The van der Waals surface area contributed by atoms with E-state index in [-0.39, 0.29) is 16.3 Å². The number of nitrogens with zero attached hydrogens (tertiary/aromatic N) is 1. The number of nitrogens with one attached hydrogen (secondary N) is 2. The highest BCUT2D eigenvalue weighted by Crippen LogP contribution is 2.32. The van der Waals surface area contributed by atoms with Gasteiger partial charge in [0, 0.05) is 18.1 Å². The minimum Gasteiger partial charge on any atom is -0.315 e. The lowest BCUT2D eigenvalue weighted by molar-refractivity contribution is 0.573. The third kappa shape index (κ3) is 4.57. The average Bonchev–Trinajstić information content (AvgIpc) is 2.99. The Bertz CT molecular complexity index is 961. The first-order chi connectivity index (χ1) is 12.5. The number of halogens is 1. The van der Waals surface area contributed by atoms with Crippen molar-refractivity contribution in [2.24, 2.45) is 4.99 Å². The first kappa shape index (κ1) is 19.2. The fraction of sp³-hybridized carbons (Fsp3) is 0.235. The highest BCUT2D eigenvalue weighted by atomic mass is 35.5. The first-order valence-corrected chi connectivity index (χ1v) is 11.1. The zero-order chi connectivity index (χ0) is 18.6. The predicted molar refractivity (Wildman–Crippen MR) is 104 cm³/mol. The molecule has 1 heterocycles. The van der Waals surface area contributed by atoms with Crippen molar-refractivity contribution in [1.29, 1.82) is 0 Å². The van der Waals surface area contributed by atoms with Crippen LogP contribution in [-0.2, 0) is 27.2 Å². The van der Waals surface area contributed by atoms with Crippen molar-refractivity contribution in [2.75, 3.05) is 19.6 Å². The van der Waals surface area contributed by atoms with Gasteiger partial charge in [0.05, 0.1) is 26.9 Å². The maximum atomic E-state index is 12.5. The molecule has 1 aliphatic rings. The van der Waals surface area contributed by atoms with E-state index in [9.17, 15) is 12.6 Å². The molecular weight excluding hydrogens is 394 g/mol. The predicted octanol–water partition coefficient (Wildman–Crippen LogP) is 2.23. The summed E-state index contributed by atoms with van der Waals surface area (Å²) >= 11 is 5.94. The van der Waals surface area contributed by atoms with Crippen LogP contribution in [0.25, 0.3) is 0 Å². The molecule has 0 spiro atoms. The van der Waals surface area contributed by atoms with E-state index >= 15 is 0 Å². The maximum absolute atomic E-state index is 12.5. The minimum absolute atomic E-state index is 0.0183. The number of hydrogen-bond acceptors (Lipinski definition) is 5. The lowest BCUT2D eigenvalue weighted by Gasteiger charge is -2.10. The molecule has 3 rings (SSSR count). The standard InChI is InChI=1S/C17H18ClN3O3S2/c18-14-4-1-3-13(11-14)7-8-19-9-10-21-26(23,24)16-6-2-5-15-17(16)25(22)12-20-15/h1-6,11-12,19,21H,7-10H2. The topological polar surface area (TPSA) is 87.6 Å². The third-order valence-corrected chi connectivity index (χ3v) is 6.81. The van der Waals surface area contributed by atoms with Gasteiger partial charge < -0.3 is 5.32 Å². The quantitative estimate of drug-likeness (QED) is 0.652. The molecule has 1 unspecified atom stereocenters. The number of fused-ring (bicyclic) bond motifs is 1. The van der Waals surface area contributed by atoms with E-state index in [0.717, 1.165) is 12.0 Å². The van der Waals surface area contributed by atoms with Crippen LogP contribution in [0.3, 0.4) is 0 Å². The largest absolute Gasteiger partial charge is 0.315 e. The second-order valence-electron chi connectivity index (χ2n) is 5.66. The van der Waals surface area contributed by atoms with Crippen molar-refractivity contribution in [3.8, 4) is 0 Å². The van der Waals surface area contributed by atoms with Crippen LogP contribution in [0.1, 0.15) is 5.56 Å². The summed E-state index contributed by atoms with van der Waals surface area (Å²) in [6, 6.07) is 12.3. The van der Waals surface area contributed by atoms with Gasteiger partial charge in [-0.05, 0) is 42.8 Å². The Morgan fingerprint density at radius 1 is 1.08 bits per heavy atom. The molecule has 0 aromatic heterocycles. The van der Waals surface area contributed by atoms with E-state index in [2.05, 4.69) is 15.0 Å². The Hall–Kier alpha value is -1.58. The van der Waals surface area contributed by atoms with Gasteiger partial charge in [0.15, 0.2) is 0 Å². The molecule has 2 N–H and O–H groups in total. The van der Waals surface area contributed by atoms with E-state index in [1.54, 1.807) is 12.1 Å². The molecule has 0 radical (unpaired) electrons. The van der Waals surface area contributed by atoms with Gasteiger partial charge >= 0.3 is 0 Å². The molecule has 138 valence electrons. The highest BCUT2D eigenvalue weighted by molar-refractivity contribution is 7.99. The highest BCUT2D eigenvalue weighted by Gasteiger charge is 2.26. The van der Waals surface area contributed by atoms with Crippen LogP contribution in [0, 0.1) is 0 Å². The van der Waals surface area contributed by atoms with Gasteiger partial charge in [-0.3, -0.25) is 0 Å². The molecule has 0 saturated heterocycles. The molecule has 9 heteroatoms. The van der Waals surface area contributed by atoms with Crippen molar-refractivity contribution in [2.45, 2.75) is 16.2 Å². The molecule has 26 heavy (non-hydrogen) atoms. The Morgan fingerprint density at radius 2 is 1.88 bits per heavy atom. The van der Waals surface area contributed by atoms with Crippen molar-refractivity contribution in [3.05, 3.63) is 53.1 Å². The number of rotatable bonds is 8. The van der Waals surface area contributed by atoms with Crippen molar-refractivity contribution in [1.82, 2.24) is 10.0 Å². The normalized spacial score (nSPS) is 16.0. The second-order valence-corrected chi connectivity index (χ2v) is 9.05. The van der Waals surface area contributed by atoms with Crippen LogP contribution in [-0.4, -0.2) is 37.8 Å². The fourth-order valence-electron chi connectivity index (χ4n) is 2.58. The molecule has 1 aliphatic heterocycles. The number of sulfonamides is 1. The molecule has 1 atom stereocenters. The van der Waals surface area contributed by atoms with Gasteiger partial charge in [0.1, 0.15) is 4.90 Å². The molecule has 0 amide bonds. The Balaban J connectivity index is 1.49. The molecule has 0 saturated carbocycles. The molecular formula is C17H18ClN3O3S2. The molecule has 2 aromatic carbocycles. The van der Waals surface area contributed by atoms with E-state index in [1.165, 1.54) is 11.6 Å². The molecule has 0 aliphatic carbocycles. The van der Waals surface area contributed by atoms with E-state index in [0.29, 0.717) is 23.8 Å². The maximum Gasteiger partial charge on any atom is 0.241 e. The lowest BCUT2D eigenvalue weighted by atomic mass is 10.1. The summed E-state index contributed by atoms with van der Waals surface area (Å²) in [6.45, 7) is 1.42. The van der Waals surface area contributed by atoms with Gasteiger partial charge in [-0.15, -0.1) is 0 Å². The van der Waals surface area contributed by atoms with Crippen molar-refractivity contribution in [3.63, 3.8) is 0 Å². The monoisotopic (exact) mass is 411 g/mol. The Labute approximate surface area is 160 Å². The molecule has 0 bridgehead atoms. The molecule has 0 fully saturated rings. The van der Waals surface area contributed by atoms with Crippen molar-refractivity contribution >= 4 is 43.7 Å². The van der Waals surface area contributed by atoms with E-state index in [1.807, 2.05) is 24.3 Å². The van der Waals surface area contributed by atoms with Gasteiger partial charge in [0.2, 0.25) is 10.0 Å². The smallest absolute Gasteiger partial charge is 0.241 e. The van der Waals surface area contributed by atoms with Gasteiger partial charge in [-0.1, -0.05) is 29.8 Å². The first-order valence-electron chi connectivity index (χ1n) is 8.00. The zero-order valence-corrected chi connectivity index (χ0v) is 16.2. The van der Waals surface area contributed by atoms with Crippen LogP contribution < -0.4 is 10.0 Å². The molecule has 6 nitrogen and oxygen atoms in total. The van der Waals surface area contributed by atoms with Gasteiger partial charge in [-0.2, -0.15) is 0 Å². The van der Waals surface area contributed by atoms with Crippen LogP contribution in [0.15, 0.2) is 57.2 Å². The van der Waals surface area contributed by atoms with Crippen LogP contribution >= 0.6 is 11.6 Å². The Morgan fingerprint density at radius 3 is 2.69 bits per heavy atom. The Kier molecular flexibility index (Phi) is 6.20. The lowest BCUT2D eigenvalue weighted by Crippen LogP contribution is -2.33. The van der Waals surface area contributed by atoms with Crippen molar-refractivity contribution < 1.29 is 12.6 Å². The summed E-state index contributed by atoms with van der Waals surface area (Å²) < 4.78 is 39.5. The average molecular weight is 412 g/mol. The van der Waals surface area contributed by atoms with Crippen LogP contribution in [0.4, 0.5) is 5.69 Å². The van der Waals surface area contributed by atoms with Crippen LogP contribution in [0.2, 0.25) is 5.02 Å². The SMILES string of the molecule is O=S1C=Nc2cccc(S(=O)(=O)NCCNCCc3cccc(Cl)c3)c21. The number of aliphatic imine (C=N–C) groups is 1. The van der Waals surface area contributed by atoms with E-state index in [4.69, 9.17) is 11.6 Å². The van der Waals surface area contributed by atoms with Gasteiger partial charge in [0.25, 0.3) is 0 Å². The van der Waals surface area contributed by atoms with Crippen LogP contribution in [0.5, 0.6) is 0 Å². The fourth-order valence-corrected chi connectivity index (χ4v) is 5.41. The summed E-state index contributed by atoms with van der Waals surface area (Å²) in [5.41, 5.74) is 2.81. The summed E-state index contributed by atoms with van der Waals surface area (Å²) in [4.78, 5) is 4.23. The summed E-state index contributed by atoms with van der Waals surface area (Å²) in [7, 11) is -5.27. The number of hydrogen-bond donors (Lipinski definition) is 2. The van der Waals surface area contributed by atoms with E-state index < -0.39 is 20.8 Å². The zero-order valence-electron chi connectivity index (χ0n) is 13.8. The van der Waals surface area contributed by atoms with Gasteiger partial charge in [-0.25, -0.2) is 22.3 Å². The summed E-state index contributed by atoms with van der Waals surface area (Å²) in [6.07, 6.45) is 0.801. The minimum atomic E-state index is -3.74.